The number of ether oxygens (including phenoxy) is 1. The molecule has 3 heterocycles. The van der Waals surface area contributed by atoms with Gasteiger partial charge in [0.15, 0.2) is 11.5 Å². The number of aromatic nitrogens is 4. The van der Waals surface area contributed by atoms with Crippen molar-refractivity contribution in [1.82, 2.24) is 24.6 Å². The minimum atomic E-state index is -0.673. The summed E-state index contributed by atoms with van der Waals surface area (Å²) in [6.45, 7) is 3.97. The number of piperidine rings is 1. The summed E-state index contributed by atoms with van der Waals surface area (Å²) in [5.74, 6) is 0.361. The molecule has 0 radical (unpaired) electrons. The fourth-order valence-corrected chi connectivity index (χ4v) is 3.71. The maximum Gasteiger partial charge on any atom is 0.271 e. The average molecular weight is 437 g/mol. The first-order chi connectivity index (χ1) is 15.4. The zero-order valence-electron chi connectivity index (χ0n) is 18.3. The maximum atomic E-state index is 12.1. The Kier molecular flexibility index (Phi) is 6.22. The highest BCUT2D eigenvalue weighted by Crippen LogP contribution is 2.29. The van der Waals surface area contributed by atoms with E-state index in [9.17, 15) is 4.79 Å². The number of carbonyl (C=O) groups excluding carboxylic acids is 1. The van der Waals surface area contributed by atoms with Crippen molar-refractivity contribution in [2.45, 2.75) is 32.2 Å². The average Bonchev–Trinajstić information content (AvgIpc) is 3.23. The van der Waals surface area contributed by atoms with Gasteiger partial charge in [-0.25, -0.2) is 4.98 Å². The topological polar surface area (TPSA) is 137 Å². The number of amides is 1. The van der Waals surface area contributed by atoms with Crippen LogP contribution in [0, 0.1) is 0 Å². The van der Waals surface area contributed by atoms with Gasteiger partial charge in [-0.05, 0) is 51.5 Å². The van der Waals surface area contributed by atoms with Gasteiger partial charge in [-0.1, -0.05) is 13.0 Å². The van der Waals surface area contributed by atoms with Crippen molar-refractivity contribution in [3.05, 3.63) is 48.0 Å². The normalized spacial score (nSPS) is 14.9. The molecule has 168 valence electrons. The fourth-order valence-electron chi connectivity index (χ4n) is 3.71. The van der Waals surface area contributed by atoms with Crippen LogP contribution >= 0.6 is 0 Å². The summed E-state index contributed by atoms with van der Waals surface area (Å²) < 4.78 is 7.89. The Balaban J connectivity index is 1.61. The zero-order valence-corrected chi connectivity index (χ0v) is 18.3. The Bertz CT molecular complexity index is 1110. The van der Waals surface area contributed by atoms with E-state index in [0.717, 1.165) is 25.9 Å². The summed E-state index contributed by atoms with van der Waals surface area (Å²) in [6, 6.07) is 7.37. The van der Waals surface area contributed by atoms with E-state index in [1.165, 1.54) is 0 Å². The van der Waals surface area contributed by atoms with Crippen molar-refractivity contribution in [2.24, 2.45) is 5.73 Å². The molecule has 0 atom stereocenters. The predicted molar refractivity (Wildman–Crippen MR) is 122 cm³/mol. The van der Waals surface area contributed by atoms with Crippen molar-refractivity contribution in [2.75, 3.05) is 31.2 Å². The standard InChI is InChI=1S/C22H28N8O2/c1-3-18-22(32-17-6-4-5-14(23)11-17)28-21(19(27-18)20(24)31)26-15-12-25-30(13-15)16-7-9-29(2)10-8-16/h4-6,11-13,16H,3,7-10,23H2,1-2H3,(H2,24,31)(H,26,28). The van der Waals surface area contributed by atoms with Crippen LogP contribution in [0.5, 0.6) is 11.6 Å². The van der Waals surface area contributed by atoms with E-state index in [4.69, 9.17) is 16.2 Å². The lowest BCUT2D eigenvalue weighted by Crippen LogP contribution is -2.31. The number of hydrogen-bond donors (Lipinski definition) is 3. The number of nitrogens with one attached hydrogen (secondary N) is 1. The van der Waals surface area contributed by atoms with Crippen LogP contribution in [0.15, 0.2) is 36.7 Å². The summed E-state index contributed by atoms with van der Waals surface area (Å²) in [4.78, 5) is 23.3. The molecule has 1 aliphatic heterocycles. The molecule has 1 aromatic carbocycles. The van der Waals surface area contributed by atoms with Crippen molar-refractivity contribution >= 4 is 23.1 Å². The lowest BCUT2D eigenvalue weighted by Gasteiger charge is -2.28. The fraction of sp³-hybridized carbons (Fsp3) is 0.364. The minimum Gasteiger partial charge on any atom is -0.437 e. The lowest BCUT2D eigenvalue weighted by molar-refractivity contribution is 0.0996. The number of primary amides is 1. The largest absolute Gasteiger partial charge is 0.437 e. The van der Waals surface area contributed by atoms with Gasteiger partial charge in [-0.2, -0.15) is 10.1 Å². The molecule has 10 heteroatoms. The van der Waals surface area contributed by atoms with E-state index in [0.29, 0.717) is 35.3 Å². The van der Waals surface area contributed by atoms with Gasteiger partial charge in [0, 0.05) is 18.0 Å². The van der Waals surface area contributed by atoms with Crippen LogP contribution < -0.4 is 21.5 Å². The number of hydrogen-bond acceptors (Lipinski definition) is 8. The molecule has 1 fully saturated rings. The number of anilines is 3. The quantitative estimate of drug-likeness (QED) is 0.481. The molecule has 10 nitrogen and oxygen atoms in total. The van der Waals surface area contributed by atoms with E-state index in [1.54, 1.807) is 30.5 Å². The molecule has 0 aliphatic carbocycles. The number of rotatable bonds is 7. The van der Waals surface area contributed by atoms with Crippen LogP contribution in [0.25, 0.3) is 0 Å². The van der Waals surface area contributed by atoms with Gasteiger partial charge in [0.2, 0.25) is 5.88 Å². The minimum absolute atomic E-state index is 0.0498. The van der Waals surface area contributed by atoms with Gasteiger partial charge in [-0.3, -0.25) is 9.48 Å². The third-order valence-corrected chi connectivity index (χ3v) is 5.50. The Morgan fingerprint density at radius 3 is 2.75 bits per heavy atom. The first-order valence-corrected chi connectivity index (χ1v) is 10.7. The first-order valence-electron chi connectivity index (χ1n) is 10.7. The molecule has 1 saturated heterocycles. The number of nitrogens with zero attached hydrogens (tertiary/aromatic N) is 5. The van der Waals surface area contributed by atoms with Gasteiger partial charge in [0.05, 0.1) is 17.9 Å². The number of nitrogens with two attached hydrogens (primary N) is 2. The molecule has 5 N–H and O–H groups in total. The second-order valence-electron chi connectivity index (χ2n) is 7.93. The maximum absolute atomic E-state index is 12.1. The summed E-state index contributed by atoms with van der Waals surface area (Å²) in [5, 5.41) is 7.63. The number of likely N-dealkylation sites (tertiary alicyclic amines) is 1. The van der Waals surface area contributed by atoms with Gasteiger partial charge in [-0.15, -0.1) is 0 Å². The zero-order chi connectivity index (χ0) is 22.7. The molecule has 4 rings (SSSR count). The highest BCUT2D eigenvalue weighted by molar-refractivity contribution is 5.96. The Labute approximate surface area is 186 Å². The molecule has 0 bridgehead atoms. The van der Waals surface area contributed by atoms with Gasteiger partial charge in [0.1, 0.15) is 11.4 Å². The van der Waals surface area contributed by atoms with E-state index in [1.807, 2.05) is 17.8 Å². The van der Waals surface area contributed by atoms with Crippen LogP contribution in [-0.2, 0) is 6.42 Å². The van der Waals surface area contributed by atoms with Crippen LogP contribution in [0.1, 0.15) is 42.0 Å². The smallest absolute Gasteiger partial charge is 0.271 e. The number of benzene rings is 1. The van der Waals surface area contributed by atoms with E-state index in [-0.39, 0.29) is 17.4 Å². The van der Waals surface area contributed by atoms with E-state index in [2.05, 4.69) is 32.3 Å². The number of carbonyl (C=O) groups is 1. The number of aryl methyl sites for hydroxylation is 1. The van der Waals surface area contributed by atoms with Crippen LogP contribution in [0.2, 0.25) is 0 Å². The Hall–Kier alpha value is -3.66. The number of nitrogen functional groups attached to an aromatic ring is 1. The molecule has 0 spiro atoms. The van der Waals surface area contributed by atoms with Crippen molar-refractivity contribution in [3.63, 3.8) is 0 Å². The summed E-state index contributed by atoms with van der Waals surface area (Å²) >= 11 is 0. The molecule has 3 aromatic rings. The molecule has 1 amide bonds. The van der Waals surface area contributed by atoms with Crippen molar-refractivity contribution in [1.29, 1.82) is 0 Å². The molecule has 2 aromatic heterocycles. The molecule has 0 saturated carbocycles. The molecular formula is C22H28N8O2. The Morgan fingerprint density at radius 2 is 2.06 bits per heavy atom. The SMILES string of the molecule is CCc1nc(C(N)=O)c(Nc2cnn(C3CCN(C)CC3)c2)nc1Oc1cccc(N)c1. The van der Waals surface area contributed by atoms with Gasteiger partial charge in [0.25, 0.3) is 5.91 Å². The van der Waals surface area contributed by atoms with Crippen LogP contribution in [0.4, 0.5) is 17.2 Å². The third kappa shape index (κ3) is 4.80. The summed E-state index contributed by atoms with van der Waals surface area (Å²) in [5.41, 5.74) is 13.3. The third-order valence-electron chi connectivity index (χ3n) is 5.50. The molecular weight excluding hydrogens is 408 g/mol. The lowest BCUT2D eigenvalue weighted by atomic mass is 10.1. The Morgan fingerprint density at radius 1 is 1.28 bits per heavy atom. The first kappa shape index (κ1) is 21.6. The van der Waals surface area contributed by atoms with Crippen LogP contribution in [0.3, 0.4) is 0 Å². The molecule has 0 unspecified atom stereocenters. The highest BCUT2D eigenvalue weighted by atomic mass is 16.5. The van der Waals surface area contributed by atoms with Crippen molar-refractivity contribution < 1.29 is 9.53 Å². The van der Waals surface area contributed by atoms with E-state index < -0.39 is 5.91 Å². The predicted octanol–water partition coefficient (Wildman–Crippen LogP) is 2.72. The van der Waals surface area contributed by atoms with Gasteiger partial charge < -0.3 is 26.4 Å². The van der Waals surface area contributed by atoms with Gasteiger partial charge >= 0.3 is 0 Å². The molecule has 1 aliphatic rings. The van der Waals surface area contributed by atoms with E-state index >= 15 is 0 Å². The summed E-state index contributed by atoms with van der Waals surface area (Å²) in [6.07, 6.45) is 6.20. The summed E-state index contributed by atoms with van der Waals surface area (Å²) in [7, 11) is 2.12. The molecule has 32 heavy (non-hydrogen) atoms. The monoisotopic (exact) mass is 436 g/mol. The second-order valence-corrected chi connectivity index (χ2v) is 7.93. The van der Waals surface area contributed by atoms with Crippen LogP contribution in [-0.4, -0.2) is 50.7 Å². The van der Waals surface area contributed by atoms with Crippen molar-refractivity contribution in [3.8, 4) is 11.6 Å². The highest BCUT2D eigenvalue weighted by Gasteiger charge is 2.21. The second kappa shape index (κ2) is 9.23.